The van der Waals surface area contributed by atoms with E-state index in [1.165, 1.54) is 25.7 Å². The predicted octanol–water partition coefficient (Wildman–Crippen LogP) is 2.79. The van der Waals surface area contributed by atoms with Crippen molar-refractivity contribution in [2.75, 3.05) is 39.5 Å². The van der Waals surface area contributed by atoms with Gasteiger partial charge in [-0.3, -0.25) is 4.99 Å². The van der Waals surface area contributed by atoms with Gasteiger partial charge in [-0.25, -0.2) is 0 Å². The molecule has 21 heavy (non-hydrogen) atoms. The first-order valence-corrected chi connectivity index (χ1v) is 9.24. The van der Waals surface area contributed by atoms with Gasteiger partial charge in [-0.15, -0.1) is 24.0 Å². The standard InChI is InChI=1S/C15H32N4S.HI/c1-5-19(6-2)11-7-10-17-15(16-3)18-13-8-9-14(12-13)20-4;/h13-14H,5-12H2,1-4H3,(H2,16,17,18);1H. The summed E-state index contributed by atoms with van der Waals surface area (Å²) in [6, 6.07) is 0.599. The average Bonchev–Trinajstić information content (AvgIpc) is 2.93. The third kappa shape index (κ3) is 8.50. The highest BCUT2D eigenvalue weighted by atomic mass is 127. The molecule has 0 amide bonds. The molecule has 126 valence electrons. The zero-order valence-electron chi connectivity index (χ0n) is 14.0. The summed E-state index contributed by atoms with van der Waals surface area (Å²) >= 11 is 1.99. The van der Waals surface area contributed by atoms with Crippen LogP contribution in [0, 0.1) is 0 Å². The summed E-state index contributed by atoms with van der Waals surface area (Å²) in [5.41, 5.74) is 0. The first-order valence-electron chi connectivity index (χ1n) is 7.95. The summed E-state index contributed by atoms with van der Waals surface area (Å²) in [5.74, 6) is 0.969. The molecule has 6 heteroatoms. The molecule has 0 aromatic heterocycles. The fraction of sp³-hybridized carbons (Fsp3) is 0.933. The van der Waals surface area contributed by atoms with Crippen molar-refractivity contribution >= 4 is 41.7 Å². The third-order valence-electron chi connectivity index (χ3n) is 4.12. The van der Waals surface area contributed by atoms with Crippen LogP contribution in [-0.4, -0.2) is 61.6 Å². The molecule has 0 aromatic rings. The van der Waals surface area contributed by atoms with Crippen molar-refractivity contribution in [3.05, 3.63) is 0 Å². The van der Waals surface area contributed by atoms with Gasteiger partial charge < -0.3 is 15.5 Å². The topological polar surface area (TPSA) is 39.7 Å². The average molecular weight is 428 g/mol. The maximum atomic E-state index is 4.33. The Bertz CT molecular complexity index is 285. The largest absolute Gasteiger partial charge is 0.356 e. The van der Waals surface area contributed by atoms with E-state index >= 15 is 0 Å². The van der Waals surface area contributed by atoms with Crippen molar-refractivity contribution in [1.29, 1.82) is 0 Å². The molecule has 4 nitrogen and oxygen atoms in total. The van der Waals surface area contributed by atoms with Gasteiger partial charge in [0.1, 0.15) is 0 Å². The molecule has 0 bridgehead atoms. The molecular formula is C15H33IN4S. The molecule has 0 heterocycles. The number of aliphatic imine (C=N–C) groups is 1. The Morgan fingerprint density at radius 3 is 2.52 bits per heavy atom. The summed E-state index contributed by atoms with van der Waals surface area (Å²) in [4.78, 5) is 6.79. The number of hydrogen-bond acceptors (Lipinski definition) is 3. The summed E-state index contributed by atoms with van der Waals surface area (Å²) < 4.78 is 0. The molecule has 1 fully saturated rings. The second-order valence-electron chi connectivity index (χ2n) is 5.39. The lowest BCUT2D eigenvalue weighted by Crippen LogP contribution is -2.43. The number of hydrogen-bond donors (Lipinski definition) is 2. The van der Waals surface area contributed by atoms with E-state index in [0.717, 1.165) is 37.4 Å². The number of nitrogens with one attached hydrogen (secondary N) is 2. The summed E-state index contributed by atoms with van der Waals surface area (Å²) in [6.07, 6.45) is 7.25. The maximum Gasteiger partial charge on any atom is 0.191 e. The number of guanidine groups is 1. The molecule has 0 aliphatic heterocycles. The van der Waals surface area contributed by atoms with E-state index < -0.39 is 0 Å². The highest BCUT2D eigenvalue weighted by Crippen LogP contribution is 2.27. The van der Waals surface area contributed by atoms with Gasteiger partial charge in [-0.05, 0) is 51.6 Å². The first kappa shape index (κ1) is 21.3. The van der Waals surface area contributed by atoms with Crippen molar-refractivity contribution in [3.63, 3.8) is 0 Å². The lowest BCUT2D eigenvalue weighted by Gasteiger charge is -2.20. The molecule has 2 atom stereocenters. The smallest absolute Gasteiger partial charge is 0.191 e. The Morgan fingerprint density at radius 1 is 1.29 bits per heavy atom. The van der Waals surface area contributed by atoms with Crippen molar-refractivity contribution < 1.29 is 0 Å². The van der Waals surface area contributed by atoms with E-state index in [2.05, 4.69) is 40.6 Å². The Morgan fingerprint density at radius 2 is 2.00 bits per heavy atom. The van der Waals surface area contributed by atoms with Gasteiger partial charge in [0.15, 0.2) is 5.96 Å². The summed E-state index contributed by atoms with van der Waals surface area (Å²) in [5, 5.41) is 7.82. The van der Waals surface area contributed by atoms with E-state index in [0.29, 0.717) is 6.04 Å². The lowest BCUT2D eigenvalue weighted by atomic mass is 10.2. The Hall–Kier alpha value is 0.310. The molecule has 0 aromatic carbocycles. The normalized spacial score (nSPS) is 22.2. The van der Waals surface area contributed by atoms with Crippen LogP contribution in [-0.2, 0) is 0 Å². The van der Waals surface area contributed by atoms with E-state index in [-0.39, 0.29) is 24.0 Å². The van der Waals surface area contributed by atoms with Crippen LogP contribution in [0.2, 0.25) is 0 Å². The quantitative estimate of drug-likeness (QED) is 0.270. The minimum absolute atomic E-state index is 0. The van der Waals surface area contributed by atoms with Gasteiger partial charge in [0.25, 0.3) is 0 Å². The molecule has 0 saturated heterocycles. The van der Waals surface area contributed by atoms with Crippen LogP contribution in [0.3, 0.4) is 0 Å². The Kier molecular flexibility index (Phi) is 13.0. The molecular weight excluding hydrogens is 395 g/mol. The molecule has 1 aliphatic rings. The van der Waals surface area contributed by atoms with E-state index in [9.17, 15) is 0 Å². The highest BCUT2D eigenvalue weighted by Gasteiger charge is 2.24. The van der Waals surface area contributed by atoms with Crippen LogP contribution < -0.4 is 10.6 Å². The SMILES string of the molecule is CCN(CC)CCCNC(=NC)NC1CCC(SC)C1.I. The van der Waals surface area contributed by atoms with Crippen LogP contribution in [0.5, 0.6) is 0 Å². The van der Waals surface area contributed by atoms with Gasteiger partial charge in [-0.1, -0.05) is 13.8 Å². The predicted molar refractivity (Wildman–Crippen MR) is 107 cm³/mol. The third-order valence-corrected chi connectivity index (χ3v) is 5.22. The number of rotatable bonds is 8. The molecule has 0 spiro atoms. The molecule has 1 rings (SSSR count). The fourth-order valence-corrected chi connectivity index (χ4v) is 3.52. The maximum absolute atomic E-state index is 4.33. The van der Waals surface area contributed by atoms with Crippen molar-refractivity contribution in [1.82, 2.24) is 15.5 Å². The van der Waals surface area contributed by atoms with Crippen LogP contribution in [0.1, 0.15) is 39.5 Å². The van der Waals surface area contributed by atoms with Gasteiger partial charge >= 0.3 is 0 Å². The minimum Gasteiger partial charge on any atom is -0.356 e. The summed E-state index contributed by atoms with van der Waals surface area (Å²) in [6.45, 7) is 8.88. The van der Waals surface area contributed by atoms with Gasteiger partial charge in [0.05, 0.1) is 0 Å². The monoisotopic (exact) mass is 428 g/mol. The fourth-order valence-electron chi connectivity index (χ4n) is 2.72. The van der Waals surface area contributed by atoms with Crippen LogP contribution in [0.25, 0.3) is 0 Å². The number of nitrogens with zero attached hydrogens (tertiary/aromatic N) is 2. The number of halogens is 1. The van der Waals surface area contributed by atoms with Gasteiger partial charge in [0.2, 0.25) is 0 Å². The lowest BCUT2D eigenvalue weighted by molar-refractivity contribution is 0.300. The highest BCUT2D eigenvalue weighted by molar-refractivity contribution is 14.0. The van der Waals surface area contributed by atoms with Crippen molar-refractivity contribution in [2.45, 2.75) is 50.8 Å². The second kappa shape index (κ2) is 12.8. The zero-order chi connectivity index (χ0) is 14.8. The van der Waals surface area contributed by atoms with Crippen molar-refractivity contribution in [2.24, 2.45) is 4.99 Å². The van der Waals surface area contributed by atoms with Crippen LogP contribution in [0.4, 0.5) is 0 Å². The molecule has 2 unspecified atom stereocenters. The van der Waals surface area contributed by atoms with E-state index in [1.54, 1.807) is 0 Å². The number of thioether (sulfide) groups is 1. The summed E-state index contributed by atoms with van der Waals surface area (Å²) in [7, 11) is 1.86. The van der Waals surface area contributed by atoms with Gasteiger partial charge in [-0.2, -0.15) is 11.8 Å². The van der Waals surface area contributed by atoms with E-state index in [1.807, 2.05) is 18.8 Å². The minimum atomic E-state index is 0. The Labute approximate surface area is 152 Å². The molecule has 1 saturated carbocycles. The first-order chi connectivity index (χ1) is 9.73. The molecule has 1 aliphatic carbocycles. The van der Waals surface area contributed by atoms with E-state index in [4.69, 9.17) is 0 Å². The molecule has 2 N–H and O–H groups in total. The van der Waals surface area contributed by atoms with Gasteiger partial charge in [0, 0.05) is 24.9 Å². The second-order valence-corrected chi connectivity index (χ2v) is 6.53. The Balaban J connectivity index is 0.00000400. The van der Waals surface area contributed by atoms with Crippen molar-refractivity contribution in [3.8, 4) is 0 Å². The van der Waals surface area contributed by atoms with Crippen LogP contribution in [0.15, 0.2) is 4.99 Å². The zero-order valence-corrected chi connectivity index (χ0v) is 17.2. The molecule has 0 radical (unpaired) electrons. The van der Waals surface area contributed by atoms with Crippen LogP contribution >= 0.6 is 35.7 Å².